The summed E-state index contributed by atoms with van der Waals surface area (Å²) in [7, 11) is 1.89. The Morgan fingerprint density at radius 3 is 2.70 bits per heavy atom. The molecule has 0 unspecified atom stereocenters. The Labute approximate surface area is 131 Å². The summed E-state index contributed by atoms with van der Waals surface area (Å²) in [6, 6.07) is 3.62. The smallest absolute Gasteiger partial charge is 0.263 e. The van der Waals surface area contributed by atoms with Crippen molar-refractivity contribution in [3.05, 3.63) is 37.1 Å². The van der Waals surface area contributed by atoms with Gasteiger partial charge in [-0.3, -0.25) is 9.78 Å². The average Bonchev–Trinajstić information content (AvgIpc) is 3.15. The highest BCUT2D eigenvalue weighted by Crippen LogP contribution is 2.40. The predicted octanol–water partition coefficient (Wildman–Crippen LogP) is 2.47. The second kappa shape index (κ2) is 4.84. The van der Waals surface area contributed by atoms with Gasteiger partial charge < -0.3 is 9.88 Å². The van der Waals surface area contributed by atoms with E-state index in [1.54, 1.807) is 31.0 Å². The van der Waals surface area contributed by atoms with Gasteiger partial charge in [-0.25, -0.2) is 14.4 Å². The molecule has 3 aromatic heterocycles. The molecule has 7 heteroatoms. The molecule has 1 aliphatic rings. The van der Waals surface area contributed by atoms with E-state index in [-0.39, 0.29) is 12.8 Å². The molecule has 0 radical (unpaired) electrons. The highest BCUT2D eigenvalue weighted by atomic mass is 19.1. The number of aryl methyl sites for hydroxylation is 1. The predicted molar refractivity (Wildman–Crippen MR) is 83.4 cm³/mol. The number of aromatic nitrogens is 4. The van der Waals surface area contributed by atoms with Gasteiger partial charge >= 0.3 is 0 Å². The van der Waals surface area contributed by atoms with Gasteiger partial charge in [0.25, 0.3) is 5.91 Å². The molecule has 0 bridgehead atoms. The van der Waals surface area contributed by atoms with Gasteiger partial charge in [-0.2, -0.15) is 0 Å². The Hall–Kier alpha value is -2.83. The molecule has 1 saturated carbocycles. The van der Waals surface area contributed by atoms with Crippen LogP contribution in [0.5, 0.6) is 0 Å². The van der Waals surface area contributed by atoms with E-state index in [1.807, 2.05) is 17.7 Å². The van der Waals surface area contributed by atoms with Crippen LogP contribution in [0, 0.1) is 0 Å². The third kappa shape index (κ3) is 2.44. The summed E-state index contributed by atoms with van der Waals surface area (Å²) < 4.78 is 15.6. The maximum absolute atomic E-state index is 13.7. The van der Waals surface area contributed by atoms with E-state index in [4.69, 9.17) is 0 Å². The van der Waals surface area contributed by atoms with Crippen LogP contribution in [0.25, 0.3) is 22.2 Å². The first-order valence-corrected chi connectivity index (χ1v) is 7.28. The van der Waals surface area contributed by atoms with Crippen molar-refractivity contribution in [2.45, 2.75) is 18.5 Å². The molecule has 6 nitrogen and oxygen atoms in total. The fraction of sp³-hybridized carbons (Fsp3) is 0.250. The maximum Gasteiger partial charge on any atom is 0.263 e. The Bertz CT molecular complexity index is 916. The molecule has 3 heterocycles. The number of nitrogens with one attached hydrogen (secondary N) is 1. The van der Waals surface area contributed by atoms with E-state index in [0.29, 0.717) is 5.82 Å². The number of halogens is 1. The van der Waals surface area contributed by atoms with Crippen molar-refractivity contribution in [1.82, 2.24) is 19.5 Å². The Morgan fingerprint density at radius 2 is 2.00 bits per heavy atom. The van der Waals surface area contributed by atoms with Crippen molar-refractivity contribution in [1.29, 1.82) is 0 Å². The summed E-state index contributed by atoms with van der Waals surface area (Å²) >= 11 is 0. The molecule has 0 spiro atoms. The zero-order valence-corrected chi connectivity index (χ0v) is 12.5. The maximum atomic E-state index is 13.7. The molecule has 0 aromatic carbocycles. The standard InChI is InChI=1S/C16H14FN5O/c1-22-9-18-8-13(22)12-4-10-5-14(20-7-11(10)6-19-12)21-15(23)16(17)2-3-16/h4-9H,2-3H2,1H3,(H,20,21,23). The molecule has 0 atom stereocenters. The lowest BCUT2D eigenvalue weighted by Crippen LogP contribution is -2.25. The fourth-order valence-corrected chi connectivity index (χ4v) is 2.42. The molecule has 1 N–H and O–H groups in total. The molecule has 116 valence electrons. The lowest BCUT2D eigenvalue weighted by atomic mass is 10.1. The lowest BCUT2D eigenvalue weighted by molar-refractivity contribution is -0.122. The summed E-state index contributed by atoms with van der Waals surface area (Å²) in [4.78, 5) is 24.4. The summed E-state index contributed by atoms with van der Waals surface area (Å²) in [6.45, 7) is 0. The third-order valence-corrected chi connectivity index (χ3v) is 4.02. The molecule has 1 fully saturated rings. The van der Waals surface area contributed by atoms with Crippen molar-refractivity contribution in [2.24, 2.45) is 7.05 Å². The summed E-state index contributed by atoms with van der Waals surface area (Å²) in [6.07, 6.45) is 7.33. The number of anilines is 1. The van der Waals surface area contributed by atoms with E-state index in [2.05, 4.69) is 20.3 Å². The Balaban J connectivity index is 1.69. The van der Waals surface area contributed by atoms with Gasteiger partial charge in [0.15, 0.2) is 5.67 Å². The number of carbonyl (C=O) groups excluding carboxylic acids is 1. The molecule has 0 saturated heterocycles. The second-order valence-electron chi connectivity index (χ2n) is 5.80. The van der Waals surface area contributed by atoms with Gasteiger partial charge in [-0.1, -0.05) is 0 Å². The Kier molecular flexibility index (Phi) is 2.90. The first-order valence-electron chi connectivity index (χ1n) is 7.28. The van der Waals surface area contributed by atoms with Crippen LogP contribution >= 0.6 is 0 Å². The van der Waals surface area contributed by atoms with Gasteiger partial charge in [0.1, 0.15) is 5.82 Å². The largest absolute Gasteiger partial charge is 0.332 e. The number of nitrogens with zero attached hydrogens (tertiary/aromatic N) is 4. The molecule has 4 rings (SSSR count). The summed E-state index contributed by atoms with van der Waals surface area (Å²) in [5.74, 6) is -0.279. The zero-order chi connectivity index (χ0) is 16.0. The van der Waals surface area contributed by atoms with Crippen LogP contribution in [-0.4, -0.2) is 31.1 Å². The first kappa shape index (κ1) is 13.8. The lowest BCUT2D eigenvalue weighted by Gasteiger charge is -2.08. The molecule has 3 aromatic rings. The topological polar surface area (TPSA) is 72.7 Å². The third-order valence-electron chi connectivity index (χ3n) is 4.02. The van der Waals surface area contributed by atoms with Crippen LogP contribution in [0.2, 0.25) is 0 Å². The fourth-order valence-electron chi connectivity index (χ4n) is 2.42. The molecule has 1 aliphatic carbocycles. The van der Waals surface area contributed by atoms with Crippen molar-refractivity contribution in [3.8, 4) is 11.4 Å². The minimum Gasteiger partial charge on any atom is -0.332 e. The Morgan fingerprint density at radius 1 is 1.22 bits per heavy atom. The molecule has 0 aliphatic heterocycles. The van der Waals surface area contributed by atoms with Crippen LogP contribution in [0.1, 0.15) is 12.8 Å². The number of alkyl halides is 1. The van der Waals surface area contributed by atoms with Gasteiger partial charge in [0.2, 0.25) is 0 Å². The molecule has 23 heavy (non-hydrogen) atoms. The monoisotopic (exact) mass is 311 g/mol. The number of rotatable bonds is 3. The van der Waals surface area contributed by atoms with Crippen LogP contribution < -0.4 is 5.32 Å². The molecular weight excluding hydrogens is 297 g/mol. The van der Waals surface area contributed by atoms with Crippen LogP contribution in [0.15, 0.2) is 37.1 Å². The summed E-state index contributed by atoms with van der Waals surface area (Å²) in [5.41, 5.74) is -0.0607. The van der Waals surface area contributed by atoms with E-state index in [1.165, 1.54) is 0 Å². The first-order chi connectivity index (χ1) is 11.0. The minimum absolute atomic E-state index is 0.279. The quantitative estimate of drug-likeness (QED) is 0.806. The number of hydrogen-bond acceptors (Lipinski definition) is 4. The van der Waals surface area contributed by atoms with Gasteiger partial charge in [-0.05, 0) is 30.4 Å². The van der Waals surface area contributed by atoms with E-state index in [0.717, 1.165) is 22.2 Å². The van der Waals surface area contributed by atoms with Gasteiger partial charge in [-0.15, -0.1) is 0 Å². The van der Waals surface area contributed by atoms with Crippen molar-refractivity contribution >= 4 is 22.5 Å². The SMILES string of the molecule is Cn1cncc1-c1cc2cc(NC(=O)C3(F)CC3)ncc2cn1. The van der Waals surface area contributed by atoms with Crippen LogP contribution in [0.3, 0.4) is 0 Å². The van der Waals surface area contributed by atoms with E-state index >= 15 is 0 Å². The van der Waals surface area contributed by atoms with E-state index < -0.39 is 11.6 Å². The second-order valence-corrected chi connectivity index (χ2v) is 5.80. The molecule has 1 amide bonds. The van der Waals surface area contributed by atoms with Crippen molar-refractivity contribution < 1.29 is 9.18 Å². The van der Waals surface area contributed by atoms with Crippen LogP contribution in [-0.2, 0) is 11.8 Å². The molecular formula is C16H14FN5O. The highest BCUT2D eigenvalue weighted by molar-refractivity contribution is 5.99. The normalized spacial score (nSPS) is 15.6. The zero-order valence-electron chi connectivity index (χ0n) is 12.5. The number of carbonyl (C=O) groups is 1. The highest BCUT2D eigenvalue weighted by Gasteiger charge is 2.50. The van der Waals surface area contributed by atoms with E-state index in [9.17, 15) is 9.18 Å². The van der Waals surface area contributed by atoms with Crippen molar-refractivity contribution in [2.75, 3.05) is 5.32 Å². The number of imidazole rings is 1. The average molecular weight is 311 g/mol. The number of hydrogen-bond donors (Lipinski definition) is 1. The van der Waals surface area contributed by atoms with Crippen molar-refractivity contribution in [3.63, 3.8) is 0 Å². The van der Waals surface area contributed by atoms with Gasteiger partial charge in [0.05, 0.1) is 23.9 Å². The minimum atomic E-state index is -1.71. The number of fused-ring (bicyclic) bond motifs is 1. The number of pyridine rings is 2. The summed E-state index contributed by atoms with van der Waals surface area (Å²) in [5, 5.41) is 4.25. The van der Waals surface area contributed by atoms with Crippen LogP contribution in [0.4, 0.5) is 10.2 Å². The van der Waals surface area contributed by atoms with Gasteiger partial charge in [0, 0.05) is 24.8 Å². The number of amides is 1.